The topological polar surface area (TPSA) is 72.6 Å². The van der Waals surface area contributed by atoms with Crippen LogP contribution in [0.4, 0.5) is 5.69 Å². The lowest BCUT2D eigenvalue weighted by Gasteiger charge is -2.16. The van der Waals surface area contributed by atoms with E-state index in [-0.39, 0.29) is 10.6 Å². The maximum atomic E-state index is 12.0. The molecule has 1 aromatic rings. The summed E-state index contributed by atoms with van der Waals surface area (Å²) >= 11 is 6.38. The van der Waals surface area contributed by atoms with Crippen molar-refractivity contribution in [1.29, 1.82) is 0 Å². The second-order valence-electron chi connectivity index (χ2n) is 2.90. The summed E-state index contributed by atoms with van der Waals surface area (Å²) in [7, 11) is -1.19. The summed E-state index contributed by atoms with van der Waals surface area (Å²) in [6, 6.07) is 3.12. The van der Waals surface area contributed by atoms with Crippen LogP contribution < -0.4 is 5.73 Å². The van der Waals surface area contributed by atoms with Gasteiger partial charge in [0.1, 0.15) is 4.90 Å². The molecule has 0 saturated carbocycles. The number of rotatable bonds is 3. The van der Waals surface area contributed by atoms with E-state index in [4.69, 9.17) is 5.73 Å². The third kappa shape index (κ3) is 2.57. The van der Waals surface area contributed by atoms with E-state index in [0.29, 0.717) is 8.95 Å². The van der Waals surface area contributed by atoms with Gasteiger partial charge < -0.3 is 5.73 Å². The zero-order chi connectivity index (χ0) is 12.5. The molecule has 5 nitrogen and oxygen atoms in total. The molecule has 0 radical (unpaired) electrons. The van der Waals surface area contributed by atoms with Crippen molar-refractivity contribution in [2.75, 3.05) is 19.9 Å². The Morgan fingerprint density at radius 2 is 1.94 bits per heavy atom. The number of benzene rings is 1. The largest absolute Gasteiger partial charge is 0.398 e. The molecule has 0 heterocycles. The second-order valence-corrected chi connectivity index (χ2v) is 6.55. The van der Waals surface area contributed by atoms with Gasteiger partial charge in [-0.25, -0.2) is 8.42 Å². The number of hydrogen-bond acceptors (Lipinski definition) is 4. The normalized spacial score (nSPS) is 12.1. The van der Waals surface area contributed by atoms with E-state index in [1.807, 2.05) is 0 Å². The summed E-state index contributed by atoms with van der Waals surface area (Å²) in [5, 5.41) is 0. The lowest BCUT2D eigenvalue weighted by Crippen LogP contribution is -2.26. The van der Waals surface area contributed by atoms with Crippen molar-refractivity contribution in [3.63, 3.8) is 0 Å². The molecule has 8 heteroatoms. The van der Waals surface area contributed by atoms with Gasteiger partial charge >= 0.3 is 0 Å². The van der Waals surface area contributed by atoms with E-state index in [9.17, 15) is 8.42 Å². The Kier molecular flexibility index (Phi) is 4.35. The average Bonchev–Trinajstić information content (AvgIpc) is 2.14. The van der Waals surface area contributed by atoms with Gasteiger partial charge in [-0.05, 0) is 28.1 Å². The lowest BCUT2D eigenvalue weighted by atomic mass is 10.3. The van der Waals surface area contributed by atoms with Crippen LogP contribution in [0.15, 0.2) is 26.0 Å². The minimum atomic E-state index is -3.75. The average molecular weight is 374 g/mol. The molecular formula is C8H10Br2N2O3S. The van der Waals surface area contributed by atoms with Crippen LogP contribution in [0.5, 0.6) is 0 Å². The van der Waals surface area contributed by atoms with E-state index in [2.05, 4.69) is 36.7 Å². The summed E-state index contributed by atoms with van der Waals surface area (Å²) in [6.07, 6.45) is 0. The molecule has 0 fully saturated rings. The van der Waals surface area contributed by atoms with Gasteiger partial charge in [-0.3, -0.25) is 4.84 Å². The van der Waals surface area contributed by atoms with Gasteiger partial charge in [0.05, 0.1) is 12.8 Å². The van der Waals surface area contributed by atoms with Crippen molar-refractivity contribution in [1.82, 2.24) is 4.47 Å². The van der Waals surface area contributed by atoms with Crippen molar-refractivity contribution in [3.8, 4) is 0 Å². The molecule has 1 rings (SSSR count). The minimum Gasteiger partial charge on any atom is -0.398 e. The fraction of sp³-hybridized carbons (Fsp3) is 0.250. The molecular weight excluding hydrogens is 364 g/mol. The van der Waals surface area contributed by atoms with Gasteiger partial charge in [0.2, 0.25) is 0 Å². The maximum absolute atomic E-state index is 12.0. The highest BCUT2D eigenvalue weighted by Crippen LogP contribution is 2.33. The van der Waals surface area contributed by atoms with Gasteiger partial charge in [-0.15, -0.1) is 0 Å². The first-order valence-corrected chi connectivity index (χ1v) is 7.11. The highest BCUT2D eigenvalue weighted by atomic mass is 79.9. The van der Waals surface area contributed by atoms with Crippen LogP contribution in [0.2, 0.25) is 0 Å². The number of sulfonamides is 1. The zero-order valence-corrected chi connectivity index (χ0v) is 12.6. The molecule has 0 bridgehead atoms. The highest BCUT2D eigenvalue weighted by Gasteiger charge is 2.26. The molecule has 16 heavy (non-hydrogen) atoms. The first kappa shape index (κ1) is 13.9. The van der Waals surface area contributed by atoms with Crippen molar-refractivity contribution >= 4 is 47.6 Å². The Bertz CT molecular complexity index is 481. The highest BCUT2D eigenvalue weighted by molar-refractivity contribution is 9.11. The summed E-state index contributed by atoms with van der Waals surface area (Å²) in [5.41, 5.74) is 5.82. The molecule has 0 amide bonds. The third-order valence-corrected chi connectivity index (χ3v) is 5.03. The van der Waals surface area contributed by atoms with Crippen LogP contribution in [0.1, 0.15) is 0 Å². The Balaban J connectivity index is 3.45. The van der Waals surface area contributed by atoms with Gasteiger partial charge in [-0.2, -0.15) is 0 Å². The molecule has 90 valence electrons. The molecule has 0 aliphatic heterocycles. The minimum absolute atomic E-state index is 0.0138. The fourth-order valence-electron chi connectivity index (χ4n) is 1.08. The maximum Gasteiger partial charge on any atom is 0.267 e. The molecule has 0 aliphatic carbocycles. The zero-order valence-electron chi connectivity index (χ0n) is 8.57. The van der Waals surface area contributed by atoms with Gasteiger partial charge in [0, 0.05) is 16.0 Å². The van der Waals surface area contributed by atoms with Gasteiger partial charge in [0.25, 0.3) is 10.0 Å². The van der Waals surface area contributed by atoms with Crippen LogP contribution >= 0.6 is 31.9 Å². The molecule has 0 unspecified atom stereocenters. The Morgan fingerprint density at radius 3 is 2.38 bits per heavy atom. The number of nitrogen functional groups attached to an aromatic ring is 1. The number of hydrogen-bond donors (Lipinski definition) is 1. The summed E-state index contributed by atoms with van der Waals surface area (Å²) in [4.78, 5) is 4.65. The van der Waals surface area contributed by atoms with Crippen molar-refractivity contribution in [2.24, 2.45) is 0 Å². The molecule has 0 atom stereocenters. The van der Waals surface area contributed by atoms with Gasteiger partial charge in [0.15, 0.2) is 0 Å². The van der Waals surface area contributed by atoms with E-state index < -0.39 is 10.0 Å². The van der Waals surface area contributed by atoms with Crippen molar-refractivity contribution in [2.45, 2.75) is 4.90 Å². The predicted octanol–water partition coefficient (Wildman–Crippen LogP) is 1.98. The molecule has 0 aromatic heterocycles. The van der Waals surface area contributed by atoms with Crippen LogP contribution in [0.3, 0.4) is 0 Å². The number of nitrogens with zero attached hydrogens (tertiary/aromatic N) is 1. The van der Waals surface area contributed by atoms with Crippen LogP contribution in [-0.2, 0) is 14.9 Å². The number of nitrogens with two attached hydrogens (primary N) is 1. The standard InChI is InChI=1S/C8H10Br2N2O3S/c1-12(15-2)16(13,14)8-6(10)3-5(9)4-7(8)11/h3-4H,11H2,1-2H3. The summed E-state index contributed by atoms with van der Waals surface area (Å²) < 4.78 is 25.8. The second kappa shape index (κ2) is 5.01. The summed E-state index contributed by atoms with van der Waals surface area (Å²) in [5.74, 6) is 0. The van der Waals surface area contributed by atoms with E-state index in [1.165, 1.54) is 20.2 Å². The van der Waals surface area contributed by atoms with Crippen LogP contribution in [0, 0.1) is 0 Å². The van der Waals surface area contributed by atoms with E-state index >= 15 is 0 Å². The SMILES string of the molecule is CON(C)S(=O)(=O)c1c(N)cc(Br)cc1Br. The van der Waals surface area contributed by atoms with E-state index in [0.717, 1.165) is 4.47 Å². The van der Waals surface area contributed by atoms with Crippen molar-refractivity contribution in [3.05, 3.63) is 21.1 Å². The number of hydroxylamine groups is 1. The fourth-order valence-corrected chi connectivity index (χ4v) is 4.07. The van der Waals surface area contributed by atoms with E-state index in [1.54, 1.807) is 6.07 Å². The first-order valence-electron chi connectivity index (χ1n) is 4.08. The quantitative estimate of drug-likeness (QED) is 0.649. The number of anilines is 1. The first-order chi connectivity index (χ1) is 7.30. The van der Waals surface area contributed by atoms with Crippen LogP contribution in [-0.4, -0.2) is 27.0 Å². The smallest absolute Gasteiger partial charge is 0.267 e. The summed E-state index contributed by atoms with van der Waals surface area (Å²) in [6.45, 7) is 0. The molecule has 0 saturated heterocycles. The molecule has 0 spiro atoms. The van der Waals surface area contributed by atoms with Gasteiger partial charge in [-0.1, -0.05) is 20.4 Å². The Morgan fingerprint density at radius 1 is 1.38 bits per heavy atom. The predicted molar refractivity (Wildman–Crippen MR) is 68.2 cm³/mol. The molecule has 1 aromatic carbocycles. The Hall–Kier alpha value is -0.150. The Labute approximate surface area is 111 Å². The molecule has 2 N–H and O–H groups in total. The van der Waals surface area contributed by atoms with Crippen LogP contribution in [0.25, 0.3) is 0 Å². The lowest BCUT2D eigenvalue weighted by molar-refractivity contribution is -0.0258. The number of halogens is 2. The molecule has 0 aliphatic rings. The third-order valence-electron chi connectivity index (χ3n) is 1.89. The monoisotopic (exact) mass is 372 g/mol. The van der Waals surface area contributed by atoms with Crippen molar-refractivity contribution < 1.29 is 13.3 Å².